The van der Waals surface area contributed by atoms with Crippen molar-refractivity contribution in [1.82, 2.24) is 18.7 Å². The predicted molar refractivity (Wildman–Crippen MR) is 115 cm³/mol. The van der Waals surface area contributed by atoms with Crippen LogP contribution < -0.4 is 16.6 Å². The normalized spacial score (nSPS) is 11.0. The van der Waals surface area contributed by atoms with Crippen LogP contribution in [-0.4, -0.2) is 24.6 Å². The van der Waals surface area contributed by atoms with Crippen LogP contribution in [0.4, 0.5) is 10.1 Å². The Morgan fingerprint density at radius 3 is 2.55 bits per heavy atom. The molecule has 31 heavy (non-hydrogen) atoms. The van der Waals surface area contributed by atoms with Gasteiger partial charge < -0.3 is 9.88 Å². The number of halogens is 1. The van der Waals surface area contributed by atoms with Crippen LogP contribution in [0, 0.1) is 5.82 Å². The molecule has 0 atom stereocenters. The van der Waals surface area contributed by atoms with Gasteiger partial charge in [-0.05, 0) is 30.7 Å². The molecule has 1 amide bonds. The molecule has 0 bridgehead atoms. The number of nitrogens with one attached hydrogen (secondary N) is 1. The number of rotatable bonds is 6. The fourth-order valence-corrected chi connectivity index (χ4v) is 3.44. The molecule has 0 radical (unpaired) electrons. The number of anilines is 1. The summed E-state index contributed by atoms with van der Waals surface area (Å²) < 4.78 is 17.3. The average molecular weight is 421 g/mol. The number of nitrogens with zero attached hydrogens (tertiary/aromatic N) is 4. The molecule has 0 aliphatic carbocycles. The lowest BCUT2D eigenvalue weighted by atomic mass is 10.2. The van der Waals surface area contributed by atoms with Crippen LogP contribution in [0.2, 0.25) is 0 Å². The lowest BCUT2D eigenvalue weighted by molar-refractivity contribution is -0.116. The number of imidazole rings is 1. The maximum absolute atomic E-state index is 13.4. The Morgan fingerprint density at radius 2 is 1.84 bits per heavy atom. The molecule has 8 nitrogen and oxygen atoms in total. The zero-order valence-corrected chi connectivity index (χ0v) is 16.8. The van der Waals surface area contributed by atoms with Crippen molar-refractivity contribution >= 4 is 22.8 Å². The summed E-state index contributed by atoms with van der Waals surface area (Å²) in [5.74, 6) is -1.12. The summed E-state index contributed by atoms with van der Waals surface area (Å²) in [6, 6.07) is 14.7. The molecule has 1 N–H and O–H groups in total. The van der Waals surface area contributed by atoms with E-state index in [1.807, 2.05) is 37.3 Å². The molecule has 4 rings (SSSR count). The molecule has 0 spiro atoms. The van der Waals surface area contributed by atoms with Crippen LogP contribution in [-0.2, 0) is 24.4 Å². The number of hydrogen-bond donors (Lipinski definition) is 1. The first kappa shape index (κ1) is 20.3. The van der Waals surface area contributed by atoms with Gasteiger partial charge >= 0.3 is 5.69 Å². The van der Waals surface area contributed by atoms with E-state index in [0.717, 1.165) is 16.2 Å². The third kappa shape index (κ3) is 4.02. The van der Waals surface area contributed by atoms with Crippen molar-refractivity contribution in [3.8, 4) is 0 Å². The number of fused-ring (bicyclic) bond motifs is 1. The first-order chi connectivity index (χ1) is 15.0. The Labute approximate surface area is 176 Å². The highest BCUT2D eigenvalue weighted by molar-refractivity contribution is 5.90. The SMILES string of the molecule is CCn1cnc2c1c(=O)n(CC(=O)Nc1cccc(F)c1)c(=O)n2Cc1ccccc1. The van der Waals surface area contributed by atoms with Crippen molar-refractivity contribution in [3.05, 3.63) is 93.1 Å². The van der Waals surface area contributed by atoms with Crippen molar-refractivity contribution in [1.29, 1.82) is 0 Å². The van der Waals surface area contributed by atoms with E-state index in [4.69, 9.17) is 0 Å². The molecule has 0 aliphatic rings. The Balaban J connectivity index is 1.78. The van der Waals surface area contributed by atoms with Crippen molar-refractivity contribution in [3.63, 3.8) is 0 Å². The third-order valence-electron chi connectivity index (χ3n) is 4.92. The standard InChI is InChI=1S/C22H20FN5O3/c1-2-26-14-24-20-19(26)21(30)28(13-18(29)25-17-10-6-9-16(23)11-17)22(31)27(20)12-15-7-4-3-5-8-15/h3-11,14H,2,12-13H2,1H3,(H,25,29). The van der Waals surface area contributed by atoms with Gasteiger partial charge in [-0.15, -0.1) is 0 Å². The van der Waals surface area contributed by atoms with Gasteiger partial charge in [0.2, 0.25) is 5.91 Å². The van der Waals surface area contributed by atoms with Crippen LogP contribution in [0.3, 0.4) is 0 Å². The minimum absolute atomic E-state index is 0.197. The van der Waals surface area contributed by atoms with Gasteiger partial charge in [0.15, 0.2) is 11.2 Å². The zero-order valence-electron chi connectivity index (χ0n) is 16.8. The molecular weight excluding hydrogens is 401 g/mol. The van der Waals surface area contributed by atoms with Crippen molar-refractivity contribution in [2.45, 2.75) is 26.6 Å². The van der Waals surface area contributed by atoms with E-state index in [1.54, 1.807) is 4.57 Å². The first-order valence-corrected chi connectivity index (χ1v) is 9.75. The number of aryl methyl sites for hydroxylation is 1. The number of aromatic nitrogens is 4. The maximum atomic E-state index is 13.4. The van der Waals surface area contributed by atoms with Gasteiger partial charge in [0.25, 0.3) is 5.56 Å². The van der Waals surface area contributed by atoms with Crippen molar-refractivity contribution in [2.75, 3.05) is 5.32 Å². The van der Waals surface area contributed by atoms with E-state index in [0.29, 0.717) is 6.54 Å². The van der Waals surface area contributed by atoms with E-state index < -0.39 is 29.5 Å². The molecule has 2 heterocycles. The summed E-state index contributed by atoms with van der Waals surface area (Å²) in [6.07, 6.45) is 1.50. The molecule has 0 unspecified atom stereocenters. The van der Waals surface area contributed by atoms with Gasteiger partial charge in [0, 0.05) is 12.2 Å². The Hall–Kier alpha value is -4.01. The van der Waals surface area contributed by atoms with Crippen LogP contribution >= 0.6 is 0 Å². The van der Waals surface area contributed by atoms with Crippen LogP contribution in [0.25, 0.3) is 11.2 Å². The molecule has 4 aromatic rings. The molecule has 2 aromatic heterocycles. The highest BCUT2D eigenvalue weighted by Gasteiger charge is 2.19. The van der Waals surface area contributed by atoms with Crippen LogP contribution in [0.15, 0.2) is 70.5 Å². The van der Waals surface area contributed by atoms with E-state index >= 15 is 0 Å². The highest BCUT2D eigenvalue weighted by Crippen LogP contribution is 2.11. The molecule has 0 aliphatic heterocycles. The molecule has 0 saturated heterocycles. The Kier molecular flexibility index (Phi) is 5.48. The van der Waals surface area contributed by atoms with Gasteiger partial charge in [-0.1, -0.05) is 36.4 Å². The molecule has 9 heteroatoms. The Morgan fingerprint density at radius 1 is 1.06 bits per heavy atom. The molecule has 0 fully saturated rings. The fraction of sp³-hybridized carbons (Fsp3) is 0.182. The maximum Gasteiger partial charge on any atom is 0.333 e. The summed E-state index contributed by atoms with van der Waals surface area (Å²) in [6.45, 7) is 2.02. The second-order valence-corrected chi connectivity index (χ2v) is 7.01. The minimum Gasteiger partial charge on any atom is -0.325 e. The number of hydrogen-bond acceptors (Lipinski definition) is 4. The third-order valence-corrected chi connectivity index (χ3v) is 4.92. The van der Waals surface area contributed by atoms with Gasteiger partial charge in [0.1, 0.15) is 12.4 Å². The smallest absolute Gasteiger partial charge is 0.325 e. The van der Waals surface area contributed by atoms with Crippen LogP contribution in [0.1, 0.15) is 12.5 Å². The average Bonchev–Trinajstić information content (AvgIpc) is 3.19. The van der Waals surface area contributed by atoms with Gasteiger partial charge in [-0.2, -0.15) is 0 Å². The monoisotopic (exact) mass is 421 g/mol. The topological polar surface area (TPSA) is 90.9 Å². The van der Waals surface area contributed by atoms with E-state index in [9.17, 15) is 18.8 Å². The number of amides is 1. The van der Waals surface area contributed by atoms with Gasteiger partial charge in [-0.3, -0.25) is 14.2 Å². The summed E-state index contributed by atoms with van der Waals surface area (Å²) in [4.78, 5) is 43.1. The van der Waals surface area contributed by atoms with Crippen molar-refractivity contribution in [2.24, 2.45) is 0 Å². The quantitative estimate of drug-likeness (QED) is 0.517. The lowest BCUT2D eigenvalue weighted by Crippen LogP contribution is -2.43. The molecular formula is C22H20FN5O3. The van der Waals surface area contributed by atoms with E-state index in [-0.39, 0.29) is 23.4 Å². The highest BCUT2D eigenvalue weighted by atomic mass is 19.1. The zero-order chi connectivity index (χ0) is 22.0. The van der Waals surface area contributed by atoms with Gasteiger partial charge in [0.05, 0.1) is 12.9 Å². The van der Waals surface area contributed by atoms with Crippen molar-refractivity contribution < 1.29 is 9.18 Å². The lowest BCUT2D eigenvalue weighted by Gasteiger charge is -2.13. The first-order valence-electron chi connectivity index (χ1n) is 9.75. The summed E-state index contributed by atoms with van der Waals surface area (Å²) in [5, 5.41) is 2.52. The summed E-state index contributed by atoms with van der Waals surface area (Å²) in [5.41, 5.74) is 0.364. The molecule has 0 saturated carbocycles. The molecule has 158 valence electrons. The van der Waals surface area contributed by atoms with E-state index in [2.05, 4.69) is 10.3 Å². The minimum atomic E-state index is -0.642. The Bertz CT molecular complexity index is 1370. The largest absolute Gasteiger partial charge is 0.333 e. The number of benzene rings is 2. The number of carbonyl (C=O) groups excluding carboxylic acids is 1. The second-order valence-electron chi connectivity index (χ2n) is 7.01. The van der Waals surface area contributed by atoms with Crippen LogP contribution in [0.5, 0.6) is 0 Å². The molecule has 2 aromatic carbocycles. The summed E-state index contributed by atoms with van der Waals surface area (Å²) >= 11 is 0. The number of carbonyl (C=O) groups is 1. The predicted octanol–water partition coefficient (Wildman–Crippen LogP) is 2.21. The summed E-state index contributed by atoms with van der Waals surface area (Å²) in [7, 11) is 0. The van der Waals surface area contributed by atoms with Gasteiger partial charge in [-0.25, -0.2) is 18.7 Å². The van der Waals surface area contributed by atoms with E-state index in [1.165, 1.54) is 29.1 Å². The second kappa shape index (κ2) is 8.39. The fourth-order valence-electron chi connectivity index (χ4n) is 3.44.